The van der Waals surface area contributed by atoms with E-state index in [1.165, 1.54) is 0 Å². The number of benzene rings is 2. The molecule has 3 N–H and O–H groups in total. The van der Waals surface area contributed by atoms with Crippen LogP contribution in [0.5, 0.6) is 0 Å². The van der Waals surface area contributed by atoms with Crippen LogP contribution < -0.4 is 10.6 Å². The summed E-state index contributed by atoms with van der Waals surface area (Å²) in [7, 11) is 0. The van der Waals surface area contributed by atoms with Gasteiger partial charge >= 0.3 is 6.03 Å². The van der Waals surface area contributed by atoms with Gasteiger partial charge in [-0.05, 0) is 41.3 Å². The first-order valence-electron chi connectivity index (χ1n) is 9.10. The maximum Gasteiger partial charge on any atom is 0.315 e. The van der Waals surface area contributed by atoms with Crippen molar-refractivity contribution in [3.05, 3.63) is 83.7 Å². The summed E-state index contributed by atoms with van der Waals surface area (Å²) in [6.45, 7) is 0.525. The Morgan fingerprint density at radius 1 is 1.15 bits per heavy atom. The molecule has 0 unspecified atom stereocenters. The maximum absolute atomic E-state index is 12.2. The van der Waals surface area contributed by atoms with Gasteiger partial charge < -0.3 is 15.7 Å². The number of nitrogens with one attached hydrogen (secondary N) is 2. The fourth-order valence-corrected chi connectivity index (χ4v) is 3.50. The predicted molar refractivity (Wildman–Crippen MR) is 103 cm³/mol. The number of aliphatic hydroxyl groups is 1. The van der Waals surface area contributed by atoms with Gasteiger partial charge in [-0.1, -0.05) is 36.4 Å². The van der Waals surface area contributed by atoms with Crippen LogP contribution in [0, 0.1) is 0 Å². The van der Waals surface area contributed by atoms with Crippen LogP contribution in [0.25, 0.3) is 5.69 Å². The largest absolute Gasteiger partial charge is 0.390 e. The summed E-state index contributed by atoms with van der Waals surface area (Å²) >= 11 is 0. The average Bonchev–Trinajstić information content (AvgIpc) is 3.31. The lowest BCUT2D eigenvalue weighted by molar-refractivity contribution is 0.142. The highest BCUT2D eigenvalue weighted by Gasteiger charge is 2.31. The fraction of sp³-hybridized carbons (Fsp3) is 0.238. The zero-order chi connectivity index (χ0) is 18.6. The number of urea groups is 1. The normalized spacial score (nSPS) is 18.1. The Morgan fingerprint density at radius 3 is 2.74 bits per heavy atom. The molecule has 3 aromatic rings. The molecule has 138 valence electrons. The Labute approximate surface area is 157 Å². The van der Waals surface area contributed by atoms with E-state index in [9.17, 15) is 9.90 Å². The number of aromatic nitrogens is 2. The summed E-state index contributed by atoms with van der Waals surface area (Å²) < 4.78 is 1.81. The SMILES string of the molecule is O=C(NCCc1ccc(-n2cccn2)cc1)N[C@H]1c2ccccc2C[C@H]1O. The molecule has 2 aromatic carbocycles. The van der Waals surface area contributed by atoms with Gasteiger partial charge in [0.05, 0.1) is 17.8 Å². The Kier molecular flexibility index (Phi) is 4.89. The average molecular weight is 362 g/mol. The number of carbonyl (C=O) groups excluding carboxylic acids is 1. The van der Waals surface area contributed by atoms with E-state index in [1.54, 1.807) is 10.9 Å². The van der Waals surface area contributed by atoms with Crippen LogP contribution in [0.4, 0.5) is 4.79 Å². The van der Waals surface area contributed by atoms with Crippen LogP contribution in [-0.2, 0) is 12.8 Å². The van der Waals surface area contributed by atoms with Crippen LogP contribution >= 0.6 is 0 Å². The molecule has 6 nitrogen and oxygen atoms in total. The highest BCUT2D eigenvalue weighted by atomic mass is 16.3. The third kappa shape index (κ3) is 3.85. The van der Waals surface area contributed by atoms with Gasteiger partial charge in [0, 0.05) is 25.4 Å². The Bertz CT molecular complexity index is 906. The molecule has 1 heterocycles. The molecule has 2 atom stereocenters. The third-order valence-electron chi connectivity index (χ3n) is 4.90. The zero-order valence-electron chi connectivity index (χ0n) is 14.9. The number of rotatable bonds is 5. The molecule has 6 heteroatoms. The van der Waals surface area contributed by atoms with Crippen molar-refractivity contribution in [1.29, 1.82) is 0 Å². The molecule has 0 bridgehead atoms. The van der Waals surface area contributed by atoms with Crippen molar-refractivity contribution in [3.63, 3.8) is 0 Å². The van der Waals surface area contributed by atoms with E-state index in [1.807, 2.05) is 60.8 Å². The minimum atomic E-state index is -0.581. The summed E-state index contributed by atoms with van der Waals surface area (Å²) in [6.07, 6.45) is 4.37. The molecule has 1 aliphatic rings. The third-order valence-corrected chi connectivity index (χ3v) is 4.90. The van der Waals surface area contributed by atoms with E-state index in [2.05, 4.69) is 15.7 Å². The van der Waals surface area contributed by atoms with E-state index in [-0.39, 0.29) is 12.1 Å². The van der Waals surface area contributed by atoms with Crippen molar-refractivity contribution < 1.29 is 9.90 Å². The second kappa shape index (κ2) is 7.63. The van der Waals surface area contributed by atoms with E-state index in [0.717, 1.165) is 28.8 Å². The molecule has 0 radical (unpaired) electrons. The van der Waals surface area contributed by atoms with Gasteiger partial charge in [0.15, 0.2) is 0 Å². The number of fused-ring (bicyclic) bond motifs is 1. The van der Waals surface area contributed by atoms with Crippen molar-refractivity contribution in [2.45, 2.75) is 25.0 Å². The van der Waals surface area contributed by atoms with Crippen molar-refractivity contribution >= 4 is 6.03 Å². The van der Waals surface area contributed by atoms with E-state index in [4.69, 9.17) is 0 Å². The number of amides is 2. The minimum absolute atomic E-state index is 0.260. The van der Waals surface area contributed by atoms with Gasteiger partial charge in [0.2, 0.25) is 0 Å². The van der Waals surface area contributed by atoms with Gasteiger partial charge in [-0.3, -0.25) is 0 Å². The number of nitrogens with zero attached hydrogens (tertiary/aromatic N) is 2. The van der Waals surface area contributed by atoms with Crippen LogP contribution in [0.1, 0.15) is 22.7 Å². The first-order chi connectivity index (χ1) is 13.2. The second-order valence-corrected chi connectivity index (χ2v) is 6.72. The summed E-state index contributed by atoms with van der Waals surface area (Å²) in [4.78, 5) is 12.2. The highest BCUT2D eigenvalue weighted by molar-refractivity contribution is 5.74. The number of hydrogen-bond acceptors (Lipinski definition) is 3. The molecule has 27 heavy (non-hydrogen) atoms. The van der Waals surface area contributed by atoms with Crippen LogP contribution in [0.2, 0.25) is 0 Å². The van der Waals surface area contributed by atoms with E-state index >= 15 is 0 Å². The monoisotopic (exact) mass is 362 g/mol. The number of hydrogen-bond donors (Lipinski definition) is 3. The van der Waals surface area contributed by atoms with Crippen LogP contribution in [0.3, 0.4) is 0 Å². The summed E-state index contributed by atoms with van der Waals surface area (Å²) in [6, 6.07) is 17.2. The van der Waals surface area contributed by atoms with E-state index in [0.29, 0.717) is 13.0 Å². The number of aliphatic hydroxyl groups excluding tert-OH is 1. The lowest BCUT2D eigenvalue weighted by Crippen LogP contribution is -2.41. The standard InChI is InChI=1S/C21H22N4O2/c26-19-14-16-4-1-2-5-18(16)20(19)24-21(27)22-12-10-15-6-8-17(9-7-15)25-13-3-11-23-25/h1-9,11,13,19-20,26H,10,12,14H2,(H2,22,24,27)/t19-,20+/m1/s1. The maximum atomic E-state index is 12.2. The lowest BCUT2D eigenvalue weighted by atomic mass is 10.1. The number of carbonyl (C=O) groups is 1. The summed E-state index contributed by atoms with van der Waals surface area (Å²) in [5.74, 6) is 0. The van der Waals surface area contributed by atoms with Crippen LogP contribution in [-0.4, -0.2) is 33.6 Å². The topological polar surface area (TPSA) is 79.2 Å². The Balaban J connectivity index is 1.28. The fourth-order valence-electron chi connectivity index (χ4n) is 3.50. The van der Waals surface area contributed by atoms with Gasteiger partial charge in [-0.25, -0.2) is 9.48 Å². The quantitative estimate of drug-likeness (QED) is 0.652. The summed E-state index contributed by atoms with van der Waals surface area (Å²) in [5, 5.41) is 20.2. The van der Waals surface area contributed by atoms with Gasteiger partial charge in [0.25, 0.3) is 0 Å². The van der Waals surface area contributed by atoms with Crippen LogP contribution in [0.15, 0.2) is 67.0 Å². The first-order valence-corrected chi connectivity index (χ1v) is 9.10. The lowest BCUT2D eigenvalue weighted by Gasteiger charge is -2.18. The zero-order valence-corrected chi connectivity index (χ0v) is 14.9. The predicted octanol–water partition coefficient (Wildman–Crippen LogP) is 2.37. The first kappa shape index (κ1) is 17.3. The second-order valence-electron chi connectivity index (χ2n) is 6.72. The Hall–Kier alpha value is -3.12. The van der Waals surface area contributed by atoms with Gasteiger partial charge in [0.1, 0.15) is 0 Å². The van der Waals surface area contributed by atoms with Crippen molar-refractivity contribution in [2.24, 2.45) is 0 Å². The molecule has 0 saturated carbocycles. The molecular formula is C21H22N4O2. The molecule has 4 rings (SSSR count). The highest BCUT2D eigenvalue weighted by Crippen LogP contribution is 2.30. The molecule has 1 aliphatic carbocycles. The smallest absolute Gasteiger partial charge is 0.315 e. The van der Waals surface area contributed by atoms with Gasteiger partial charge in [-0.15, -0.1) is 0 Å². The molecule has 0 aliphatic heterocycles. The Morgan fingerprint density at radius 2 is 1.96 bits per heavy atom. The molecule has 0 spiro atoms. The molecule has 2 amide bonds. The molecular weight excluding hydrogens is 340 g/mol. The van der Waals surface area contributed by atoms with Crippen molar-refractivity contribution in [1.82, 2.24) is 20.4 Å². The van der Waals surface area contributed by atoms with Gasteiger partial charge in [-0.2, -0.15) is 5.10 Å². The van der Waals surface area contributed by atoms with Crippen molar-refractivity contribution in [2.75, 3.05) is 6.54 Å². The van der Waals surface area contributed by atoms with E-state index < -0.39 is 6.10 Å². The molecule has 1 aromatic heterocycles. The molecule has 0 saturated heterocycles. The van der Waals surface area contributed by atoms with Crippen molar-refractivity contribution in [3.8, 4) is 5.69 Å². The minimum Gasteiger partial charge on any atom is -0.390 e. The summed E-state index contributed by atoms with van der Waals surface area (Å²) in [5.41, 5.74) is 4.22. The molecule has 0 fully saturated rings.